The van der Waals surface area contributed by atoms with Crippen molar-refractivity contribution >= 4 is 28.6 Å². The molecule has 2 atom stereocenters. The molecule has 1 amide bonds. The van der Waals surface area contributed by atoms with Crippen LogP contribution in [0.4, 0.5) is 0 Å². The van der Waals surface area contributed by atoms with Gasteiger partial charge in [-0.3, -0.25) is 14.2 Å². The fourth-order valence-corrected chi connectivity index (χ4v) is 4.86. The number of thioether (sulfide) groups is 1. The van der Waals surface area contributed by atoms with Gasteiger partial charge in [-0.05, 0) is 49.9 Å². The van der Waals surface area contributed by atoms with Crippen molar-refractivity contribution in [1.29, 1.82) is 0 Å². The van der Waals surface area contributed by atoms with Crippen molar-refractivity contribution in [1.82, 2.24) is 14.5 Å². The molecule has 3 aromatic rings. The zero-order valence-corrected chi connectivity index (χ0v) is 17.6. The lowest BCUT2D eigenvalue weighted by Crippen LogP contribution is -2.42. The molecule has 2 heterocycles. The number of likely N-dealkylation sites (tertiary alicyclic amines) is 1. The summed E-state index contributed by atoms with van der Waals surface area (Å²) in [5, 5.41) is 0.804. The van der Waals surface area contributed by atoms with E-state index in [1.807, 2.05) is 60.4 Å². The Morgan fingerprint density at radius 2 is 1.86 bits per heavy atom. The lowest BCUT2D eigenvalue weighted by Gasteiger charge is -2.32. The van der Waals surface area contributed by atoms with Crippen LogP contribution < -0.4 is 5.56 Å². The van der Waals surface area contributed by atoms with E-state index in [-0.39, 0.29) is 16.7 Å². The first-order valence-corrected chi connectivity index (χ1v) is 10.9. The van der Waals surface area contributed by atoms with Crippen LogP contribution in [0.15, 0.2) is 64.5 Å². The van der Waals surface area contributed by atoms with Gasteiger partial charge in [0.05, 0.1) is 21.8 Å². The summed E-state index contributed by atoms with van der Waals surface area (Å²) >= 11 is 1.36. The summed E-state index contributed by atoms with van der Waals surface area (Å²) in [5.74, 6) is 0.648. The molecule has 1 aliphatic heterocycles. The highest BCUT2D eigenvalue weighted by Crippen LogP contribution is 2.27. The average Bonchev–Trinajstić information content (AvgIpc) is 2.74. The number of carbonyl (C=O) groups is 1. The summed E-state index contributed by atoms with van der Waals surface area (Å²) in [7, 11) is 0. The van der Waals surface area contributed by atoms with Crippen molar-refractivity contribution in [3.63, 3.8) is 0 Å². The Kier molecular flexibility index (Phi) is 5.72. The topological polar surface area (TPSA) is 55.2 Å². The largest absolute Gasteiger partial charge is 0.341 e. The van der Waals surface area contributed by atoms with E-state index in [2.05, 4.69) is 6.92 Å². The third-order valence-corrected chi connectivity index (χ3v) is 6.40. The maximum Gasteiger partial charge on any atom is 0.266 e. The van der Waals surface area contributed by atoms with Crippen LogP contribution in [-0.2, 0) is 4.79 Å². The Bertz CT molecular complexity index is 1080. The van der Waals surface area contributed by atoms with Crippen molar-refractivity contribution in [2.45, 2.75) is 37.1 Å². The maximum atomic E-state index is 13.3. The Morgan fingerprint density at radius 1 is 1.14 bits per heavy atom. The minimum absolute atomic E-state index is 0.114. The zero-order chi connectivity index (χ0) is 20.4. The minimum Gasteiger partial charge on any atom is -0.341 e. The third kappa shape index (κ3) is 4.08. The lowest BCUT2D eigenvalue weighted by molar-refractivity contribution is -0.132. The second kappa shape index (κ2) is 8.41. The molecular weight excluding hydrogens is 382 g/mol. The van der Waals surface area contributed by atoms with Crippen LogP contribution in [0, 0.1) is 5.92 Å². The van der Waals surface area contributed by atoms with Crippen LogP contribution in [0.5, 0.6) is 0 Å². The first-order chi connectivity index (χ1) is 14.0. The number of benzene rings is 2. The van der Waals surface area contributed by atoms with E-state index in [1.54, 1.807) is 10.6 Å². The van der Waals surface area contributed by atoms with Crippen LogP contribution >= 0.6 is 11.8 Å². The number of piperidine rings is 1. The molecule has 1 aliphatic rings. The molecule has 0 N–H and O–H groups in total. The first kappa shape index (κ1) is 19.7. The van der Waals surface area contributed by atoms with Gasteiger partial charge >= 0.3 is 0 Å². The number of carbonyl (C=O) groups excluding carboxylic acids is 1. The molecule has 1 fully saturated rings. The molecule has 0 saturated carbocycles. The Morgan fingerprint density at radius 3 is 2.62 bits per heavy atom. The molecule has 0 unspecified atom stereocenters. The van der Waals surface area contributed by atoms with E-state index in [0.29, 0.717) is 22.0 Å². The molecule has 0 spiro atoms. The van der Waals surface area contributed by atoms with Gasteiger partial charge in [-0.15, -0.1) is 0 Å². The van der Waals surface area contributed by atoms with Gasteiger partial charge in [-0.2, -0.15) is 0 Å². The van der Waals surface area contributed by atoms with E-state index in [0.717, 1.165) is 25.2 Å². The second-order valence-electron chi connectivity index (χ2n) is 7.68. The van der Waals surface area contributed by atoms with Gasteiger partial charge in [-0.1, -0.05) is 49.0 Å². The SMILES string of the molecule is C[C@@H]1CCCN(C(=O)[C@@H](C)Sc2nc3ccccc3c(=O)n2-c2ccccc2)C1. The van der Waals surface area contributed by atoms with Crippen LogP contribution in [0.3, 0.4) is 0 Å². The number of fused-ring (bicyclic) bond motifs is 1. The first-order valence-electron chi connectivity index (χ1n) is 10.1. The third-order valence-electron chi connectivity index (χ3n) is 5.36. The maximum absolute atomic E-state index is 13.3. The van der Waals surface area contributed by atoms with Crippen molar-refractivity contribution in [3.05, 3.63) is 65.0 Å². The summed E-state index contributed by atoms with van der Waals surface area (Å²) in [6, 6.07) is 16.8. The quantitative estimate of drug-likeness (QED) is 0.482. The van der Waals surface area contributed by atoms with Gasteiger partial charge in [0.2, 0.25) is 5.91 Å². The summed E-state index contributed by atoms with van der Waals surface area (Å²) < 4.78 is 1.62. The van der Waals surface area contributed by atoms with Gasteiger partial charge in [0.1, 0.15) is 0 Å². The van der Waals surface area contributed by atoms with Gasteiger partial charge in [0, 0.05) is 13.1 Å². The number of rotatable bonds is 4. The molecule has 4 rings (SSSR count). The van der Waals surface area contributed by atoms with Gasteiger partial charge < -0.3 is 4.90 Å². The molecule has 6 heteroatoms. The summed E-state index contributed by atoms with van der Waals surface area (Å²) in [5.41, 5.74) is 1.29. The van der Waals surface area contributed by atoms with Crippen molar-refractivity contribution in [2.75, 3.05) is 13.1 Å². The molecule has 150 valence electrons. The van der Waals surface area contributed by atoms with Gasteiger partial charge in [-0.25, -0.2) is 4.98 Å². The van der Waals surface area contributed by atoms with E-state index in [4.69, 9.17) is 4.98 Å². The molecular formula is C23H25N3O2S. The van der Waals surface area contributed by atoms with Gasteiger partial charge in [0.15, 0.2) is 5.16 Å². The van der Waals surface area contributed by atoms with Crippen LogP contribution in [0.1, 0.15) is 26.7 Å². The molecule has 0 radical (unpaired) electrons. The molecule has 29 heavy (non-hydrogen) atoms. The smallest absolute Gasteiger partial charge is 0.266 e. The summed E-state index contributed by atoms with van der Waals surface area (Å²) in [6.45, 7) is 5.71. The standard InChI is InChI=1S/C23H25N3O2S/c1-16-9-8-14-25(15-16)21(27)17(2)29-23-24-20-13-7-6-12-19(20)22(28)26(23)18-10-4-3-5-11-18/h3-7,10-13,16-17H,8-9,14-15H2,1-2H3/t16-,17-/m1/s1. The number of nitrogens with zero attached hydrogens (tertiary/aromatic N) is 3. The molecule has 5 nitrogen and oxygen atoms in total. The normalized spacial score (nSPS) is 18.0. The van der Waals surface area contributed by atoms with E-state index >= 15 is 0 Å². The van der Waals surface area contributed by atoms with Crippen molar-refractivity contribution < 1.29 is 4.79 Å². The van der Waals surface area contributed by atoms with Crippen LogP contribution in [-0.4, -0.2) is 38.7 Å². The van der Waals surface area contributed by atoms with Crippen molar-refractivity contribution in [3.8, 4) is 5.69 Å². The molecule has 1 saturated heterocycles. The zero-order valence-electron chi connectivity index (χ0n) is 16.7. The average molecular weight is 408 g/mol. The Hall–Kier alpha value is -2.60. The highest BCUT2D eigenvalue weighted by atomic mass is 32.2. The summed E-state index contributed by atoms with van der Waals surface area (Å²) in [4.78, 5) is 33.0. The number of hydrogen-bond acceptors (Lipinski definition) is 4. The molecule has 0 bridgehead atoms. The van der Waals surface area contributed by atoms with Gasteiger partial charge in [0.25, 0.3) is 5.56 Å². The van der Waals surface area contributed by atoms with E-state index in [1.165, 1.54) is 18.2 Å². The number of amides is 1. The molecule has 0 aliphatic carbocycles. The fraction of sp³-hybridized carbons (Fsp3) is 0.348. The number of aromatic nitrogens is 2. The molecule has 2 aromatic carbocycles. The number of para-hydroxylation sites is 2. The highest BCUT2D eigenvalue weighted by Gasteiger charge is 2.27. The van der Waals surface area contributed by atoms with Crippen LogP contribution in [0.2, 0.25) is 0 Å². The highest BCUT2D eigenvalue weighted by molar-refractivity contribution is 8.00. The predicted molar refractivity (Wildman–Crippen MR) is 118 cm³/mol. The minimum atomic E-state index is -0.316. The lowest BCUT2D eigenvalue weighted by atomic mass is 10.0. The van der Waals surface area contributed by atoms with E-state index in [9.17, 15) is 9.59 Å². The Balaban J connectivity index is 1.72. The summed E-state index contributed by atoms with van der Waals surface area (Å²) in [6.07, 6.45) is 2.22. The Labute approximate surface area is 174 Å². The second-order valence-corrected chi connectivity index (χ2v) is 8.99. The fourth-order valence-electron chi connectivity index (χ4n) is 3.85. The monoisotopic (exact) mass is 407 g/mol. The predicted octanol–water partition coefficient (Wildman–Crippen LogP) is 4.12. The van der Waals surface area contributed by atoms with E-state index < -0.39 is 0 Å². The number of hydrogen-bond donors (Lipinski definition) is 0. The molecule has 1 aromatic heterocycles. The van der Waals surface area contributed by atoms with Crippen molar-refractivity contribution in [2.24, 2.45) is 5.92 Å². The van der Waals surface area contributed by atoms with Crippen LogP contribution in [0.25, 0.3) is 16.6 Å².